The zero-order valence-electron chi connectivity index (χ0n) is 19.7. The van der Waals surface area contributed by atoms with Crippen molar-refractivity contribution in [2.24, 2.45) is 5.92 Å². The summed E-state index contributed by atoms with van der Waals surface area (Å²) in [5.74, 6) is 0.477. The second kappa shape index (κ2) is 8.87. The summed E-state index contributed by atoms with van der Waals surface area (Å²) in [4.78, 5) is 26.3. The summed E-state index contributed by atoms with van der Waals surface area (Å²) < 4.78 is 9.40. The van der Waals surface area contributed by atoms with Crippen molar-refractivity contribution in [1.29, 1.82) is 0 Å². The lowest BCUT2D eigenvalue weighted by Gasteiger charge is -2.27. The van der Waals surface area contributed by atoms with Gasteiger partial charge in [0.25, 0.3) is 0 Å². The Morgan fingerprint density at radius 3 is 2.71 bits per heavy atom. The molecule has 2 aliphatic carbocycles. The number of fused-ring (bicyclic) bond motifs is 2. The predicted octanol–water partition coefficient (Wildman–Crippen LogP) is 5.36. The summed E-state index contributed by atoms with van der Waals surface area (Å²) in [6.45, 7) is 0.728. The lowest BCUT2D eigenvalue weighted by Crippen LogP contribution is -2.29. The number of aromatic amines is 1. The monoisotopic (exact) mass is 457 g/mol. The Balaban J connectivity index is 1.45. The SMILES string of the molecule is CO[C@H]1CC[C@H](Cn2c(=O)n(C3=CCCCC3)c3ncc(-c4cnc5[nH]ccc5c4)cc32)CC1. The van der Waals surface area contributed by atoms with Gasteiger partial charge in [0.15, 0.2) is 5.65 Å². The fourth-order valence-corrected chi connectivity index (χ4v) is 5.65. The Labute approximate surface area is 198 Å². The Hall–Kier alpha value is -3.19. The van der Waals surface area contributed by atoms with Gasteiger partial charge in [-0.05, 0) is 75.5 Å². The number of nitrogens with zero attached hydrogens (tertiary/aromatic N) is 4. The molecule has 6 rings (SSSR count). The number of hydrogen-bond acceptors (Lipinski definition) is 4. The van der Waals surface area contributed by atoms with E-state index in [4.69, 9.17) is 9.72 Å². The van der Waals surface area contributed by atoms with Gasteiger partial charge in [-0.25, -0.2) is 19.3 Å². The molecule has 0 unspecified atom stereocenters. The van der Waals surface area contributed by atoms with Crippen LogP contribution in [0.1, 0.15) is 51.4 Å². The highest BCUT2D eigenvalue weighted by molar-refractivity contribution is 5.85. The fourth-order valence-electron chi connectivity index (χ4n) is 5.65. The van der Waals surface area contributed by atoms with Crippen LogP contribution in [0.2, 0.25) is 0 Å². The smallest absolute Gasteiger partial charge is 0.334 e. The van der Waals surface area contributed by atoms with Gasteiger partial charge >= 0.3 is 5.69 Å². The first-order valence-corrected chi connectivity index (χ1v) is 12.5. The maximum atomic E-state index is 13.8. The van der Waals surface area contributed by atoms with E-state index in [9.17, 15) is 4.79 Å². The molecule has 0 aromatic carbocycles. The third-order valence-electron chi connectivity index (χ3n) is 7.63. The molecule has 0 radical (unpaired) electrons. The lowest BCUT2D eigenvalue weighted by molar-refractivity contribution is 0.0542. The molecule has 0 atom stereocenters. The van der Waals surface area contributed by atoms with Crippen molar-refractivity contribution in [3.8, 4) is 11.1 Å². The molecular weight excluding hydrogens is 426 g/mol. The first-order chi connectivity index (χ1) is 16.7. The zero-order valence-corrected chi connectivity index (χ0v) is 19.7. The molecule has 1 N–H and O–H groups in total. The summed E-state index contributed by atoms with van der Waals surface area (Å²) in [5.41, 5.74) is 5.68. The molecule has 4 aromatic heterocycles. The van der Waals surface area contributed by atoms with Gasteiger partial charge in [-0.15, -0.1) is 0 Å². The maximum Gasteiger partial charge on any atom is 0.334 e. The van der Waals surface area contributed by atoms with Crippen LogP contribution >= 0.6 is 0 Å². The number of hydrogen-bond donors (Lipinski definition) is 1. The van der Waals surface area contributed by atoms with Gasteiger partial charge < -0.3 is 9.72 Å². The molecule has 0 bridgehead atoms. The summed E-state index contributed by atoms with van der Waals surface area (Å²) in [7, 11) is 1.80. The number of aromatic nitrogens is 5. The van der Waals surface area contributed by atoms with E-state index in [1.807, 2.05) is 33.8 Å². The van der Waals surface area contributed by atoms with Crippen LogP contribution in [0.4, 0.5) is 0 Å². The number of pyridine rings is 2. The van der Waals surface area contributed by atoms with Crippen LogP contribution in [0.5, 0.6) is 0 Å². The van der Waals surface area contributed by atoms with Crippen molar-refractivity contribution in [2.45, 2.75) is 64.0 Å². The van der Waals surface area contributed by atoms with Crippen LogP contribution in [-0.2, 0) is 11.3 Å². The van der Waals surface area contributed by atoms with Crippen LogP contribution in [0, 0.1) is 5.92 Å². The van der Waals surface area contributed by atoms with Gasteiger partial charge in [-0.1, -0.05) is 6.08 Å². The van der Waals surface area contributed by atoms with E-state index in [1.165, 1.54) is 6.42 Å². The van der Waals surface area contributed by atoms with Crippen molar-refractivity contribution in [3.05, 3.63) is 53.3 Å². The van der Waals surface area contributed by atoms with E-state index in [0.717, 1.165) is 90.5 Å². The number of nitrogens with one attached hydrogen (secondary N) is 1. The summed E-state index contributed by atoms with van der Waals surface area (Å²) >= 11 is 0. The third-order valence-corrected chi connectivity index (χ3v) is 7.63. The van der Waals surface area contributed by atoms with Crippen molar-refractivity contribution >= 4 is 27.9 Å². The number of rotatable bonds is 5. The highest BCUT2D eigenvalue weighted by Gasteiger charge is 2.25. The summed E-state index contributed by atoms with van der Waals surface area (Å²) in [5, 5.41) is 1.06. The highest BCUT2D eigenvalue weighted by atomic mass is 16.5. The summed E-state index contributed by atoms with van der Waals surface area (Å²) in [6, 6.07) is 6.27. The molecule has 1 fully saturated rings. The van der Waals surface area contributed by atoms with Gasteiger partial charge in [0, 0.05) is 54.5 Å². The van der Waals surface area contributed by atoms with Gasteiger partial charge in [0.05, 0.1) is 11.6 Å². The molecule has 4 heterocycles. The Morgan fingerprint density at radius 1 is 1.09 bits per heavy atom. The van der Waals surface area contributed by atoms with E-state index in [0.29, 0.717) is 12.0 Å². The highest BCUT2D eigenvalue weighted by Crippen LogP contribution is 2.31. The molecule has 2 aliphatic rings. The Bertz CT molecular complexity index is 1420. The number of ether oxygens (including phenoxy) is 1. The Morgan fingerprint density at radius 2 is 1.91 bits per heavy atom. The van der Waals surface area contributed by atoms with Crippen molar-refractivity contribution < 1.29 is 4.74 Å². The minimum absolute atomic E-state index is 0.0425. The molecule has 1 saturated carbocycles. The molecular formula is C27H31N5O2. The van der Waals surface area contributed by atoms with Crippen LogP contribution in [0.15, 0.2) is 47.7 Å². The molecule has 0 saturated heterocycles. The molecule has 0 amide bonds. The average molecular weight is 458 g/mol. The minimum Gasteiger partial charge on any atom is -0.381 e. The number of allylic oxidation sites excluding steroid dienone is 2. The van der Waals surface area contributed by atoms with E-state index in [1.54, 1.807) is 7.11 Å². The second-order valence-corrected chi connectivity index (χ2v) is 9.75. The number of methoxy groups -OCH3 is 1. The van der Waals surface area contributed by atoms with Gasteiger partial charge in [-0.2, -0.15) is 0 Å². The van der Waals surface area contributed by atoms with Crippen molar-refractivity contribution in [3.63, 3.8) is 0 Å². The van der Waals surface area contributed by atoms with E-state index >= 15 is 0 Å². The summed E-state index contributed by atoms with van der Waals surface area (Å²) in [6.07, 6.45) is 16.8. The standard InChI is InChI=1S/C27H31N5O2/c1-34-23-9-7-18(8-10-23)17-31-24-14-21(20-13-19-11-12-28-25(19)29-15-20)16-30-26(24)32(27(31)33)22-5-3-2-4-6-22/h5,11-16,18,23H,2-4,6-10,17H2,1H3,(H,28,29)/t18-,23-. The van der Waals surface area contributed by atoms with Crippen molar-refractivity contribution in [1.82, 2.24) is 24.1 Å². The van der Waals surface area contributed by atoms with E-state index in [2.05, 4.69) is 28.2 Å². The van der Waals surface area contributed by atoms with E-state index < -0.39 is 0 Å². The van der Waals surface area contributed by atoms with E-state index in [-0.39, 0.29) is 5.69 Å². The topological polar surface area (TPSA) is 77.7 Å². The second-order valence-electron chi connectivity index (χ2n) is 9.75. The number of imidazole rings is 1. The van der Waals surface area contributed by atoms with Crippen LogP contribution in [0.25, 0.3) is 39.0 Å². The molecule has 7 heteroatoms. The first-order valence-electron chi connectivity index (χ1n) is 12.5. The van der Waals surface area contributed by atoms with Crippen LogP contribution in [-0.4, -0.2) is 37.3 Å². The third kappa shape index (κ3) is 3.78. The quantitative estimate of drug-likeness (QED) is 0.438. The Kier molecular flexibility index (Phi) is 5.57. The largest absolute Gasteiger partial charge is 0.381 e. The number of H-pyrrole nitrogens is 1. The first kappa shape index (κ1) is 21.4. The molecule has 0 spiro atoms. The van der Waals surface area contributed by atoms with Gasteiger partial charge in [-0.3, -0.25) is 4.57 Å². The van der Waals surface area contributed by atoms with Gasteiger partial charge in [0.2, 0.25) is 0 Å². The van der Waals surface area contributed by atoms with Gasteiger partial charge in [0.1, 0.15) is 5.65 Å². The molecule has 0 aliphatic heterocycles. The zero-order chi connectivity index (χ0) is 23.1. The van der Waals surface area contributed by atoms with Crippen LogP contribution in [0.3, 0.4) is 0 Å². The molecule has 7 nitrogen and oxygen atoms in total. The lowest BCUT2D eigenvalue weighted by atomic mass is 9.87. The molecule has 176 valence electrons. The molecule has 4 aromatic rings. The average Bonchev–Trinajstić information content (AvgIpc) is 3.46. The van der Waals surface area contributed by atoms with Crippen LogP contribution < -0.4 is 5.69 Å². The normalized spacial score (nSPS) is 21.3. The molecule has 34 heavy (non-hydrogen) atoms. The predicted molar refractivity (Wildman–Crippen MR) is 135 cm³/mol. The van der Waals surface area contributed by atoms with Crippen molar-refractivity contribution in [2.75, 3.05) is 7.11 Å². The minimum atomic E-state index is 0.0425. The fraction of sp³-hybridized carbons (Fsp3) is 0.444. The maximum absolute atomic E-state index is 13.8.